The molecule has 0 spiro atoms. The highest BCUT2D eigenvalue weighted by Crippen LogP contribution is 2.36. The summed E-state index contributed by atoms with van der Waals surface area (Å²) in [5, 5.41) is 29.6. The van der Waals surface area contributed by atoms with Crippen LogP contribution in [0.1, 0.15) is 20.1 Å². The van der Waals surface area contributed by atoms with Gasteiger partial charge in [-0.25, -0.2) is 4.79 Å². The Balaban J connectivity index is 2.50. The molecule has 0 saturated carbocycles. The Kier molecular flexibility index (Phi) is 3.65. The third kappa shape index (κ3) is 2.30. The van der Waals surface area contributed by atoms with Crippen molar-refractivity contribution in [3.63, 3.8) is 0 Å². The maximum absolute atomic E-state index is 12.0. The molecule has 21 heavy (non-hydrogen) atoms. The summed E-state index contributed by atoms with van der Waals surface area (Å²) in [4.78, 5) is 15.6. The third-order valence-corrected chi connectivity index (χ3v) is 3.59. The second kappa shape index (κ2) is 5.46. The van der Waals surface area contributed by atoms with Crippen LogP contribution in [0.4, 0.5) is 5.82 Å². The maximum Gasteiger partial charge on any atom is 0.351 e. The van der Waals surface area contributed by atoms with Gasteiger partial charge in [0.2, 0.25) is 0 Å². The van der Waals surface area contributed by atoms with E-state index in [0.29, 0.717) is 12.0 Å². The van der Waals surface area contributed by atoms with Crippen molar-refractivity contribution in [3.8, 4) is 12.3 Å². The Morgan fingerprint density at radius 2 is 2.43 bits per heavy atom. The molecule has 1 saturated heterocycles. The molecule has 114 valence electrons. The van der Waals surface area contributed by atoms with E-state index in [4.69, 9.17) is 11.8 Å². The molecule has 0 amide bonds. The number of nitrogen functional groups attached to an aromatic ring is 1. The van der Waals surface area contributed by atoms with Crippen LogP contribution in [0.5, 0.6) is 0 Å². The van der Waals surface area contributed by atoms with Crippen molar-refractivity contribution in [3.05, 3.63) is 22.2 Å². The minimum atomic E-state index is -1.83. The average molecular weight is 296 g/mol. The molecule has 2 rings (SSSR count). The molecule has 4 atom stereocenters. The van der Waals surface area contributed by atoms with Gasteiger partial charge < -0.3 is 25.8 Å². The van der Waals surface area contributed by atoms with Crippen molar-refractivity contribution in [2.75, 3.05) is 12.3 Å². The summed E-state index contributed by atoms with van der Waals surface area (Å²) in [6, 6.07) is 0. The number of anilines is 1. The van der Waals surface area contributed by atoms with Crippen LogP contribution in [-0.2, 0) is 11.2 Å². The highest BCUT2D eigenvalue weighted by atomic mass is 16.6. The first-order valence-electron chi connectivity index (χ1n) is 6.86. The van der Waals surface area contributed by atoms with E-state index in [1.165, 1.54) is 6.20 Å². The minimum absolute atomic E-state index is 0.0798. The highest BCUT2D eigenvalue weighted by molar-refractivity contribution is 5.36. The van der Waals surface area contributed by atoms with Crippen molar-refractivity contribution >= 4 is 5.82 Å². The number of nitrogens with zero attached hydrogens (tertiary/aromatic N) is 2. The number of hydrogen-bond acceptors (Lipinski definition) is 7. The number of hydrogen-bond donors (Lipinski definition) is 4. The second-order valence-corrected chi connectivity index (χ2v) is 4.81. The topological polar surface area (TPSA) is 131 Å². The van der Waals surface area contributed by atoms with Crippen molar-refractivity contribution in [2.24, 2.45) is 0 Å². The second-order valence-electron chi connectivity index (χ2n) is 4.81. The summed E-state index contributed by atoms with van der Waals surface area (Å²) < 4.78 is 13.3. The van der Waals surface area contributed by atoms with E-state index in [1.807, 2.05) is 6.92 Å². The molecular formula is C13H17N3O5. The quantitative estimate of drug-likeness (QED) is 0.475. The van der Waals surface area contributed by atoms with Crippen molar-refractivity contribution in [1.82, 2.24) is 9.55 Å². The van der Waals surface area contributed by atoms with Crippen molar-refractivity contribution in [1.29, 1.82) is 0 Å². The largest absolute Gasteiger partial charge is 0.392 e. The SMILES string of the molecule is [2H]C#C[C@]1(CO)OC(n2cc(CC)c(N)nc2=O)[C@@H](O)[C@@H]1O. The van der Waals surface area contributed by atoms with Gasteiger partial charge in [0.25, 0.3) is 0 Å². The number of aromatic nitrogens is 2. The first-order chi connectivity index (χ1) is 10.4. The standard InChI is InChI=1S/C13H17N3O5/c1-3-7-5-16(12(20)15-10(7)14)11-8(18)9(19)13(4-2,6-17)21-11/h2,5,8-9,11,17-19H,3,6H2,1H3,(H2,14,15,20)/t8-,9-,11?,13+/m0/s1/i2D. The van der Waals surface area contributed by atoms with Gasteiger partial charge >= 0.3 is 5.69 Å². The van der Waals surface area contributed by atoms with E-state index < -0.39 is 36.3 Å². The van der Waals surface area contributed by atoms with E-state index in [1.54, 1.807) is 6.40 Å². The number of ether oxygens (including phenoxy) is 1. The first-order valence-corrected chi connectivity index (χ1v) is 6.36. The van der Waals surface area contributed by atoms with Gasteiger partial charge in [-0.05, 0) is 6.42 Å². The zero-order chi connectivity index (χ0) is 16.5. The van der Waals surface area contributed by atoms with E-state index >= 15 is 0 Å². The number of aliphatic hydroxyl groups excluding tert-OH is 3. The Labute approximate surface area is 122 Å². The Bertz CT molecular complexity index is 682. The van der Waals surface area contributed by atoms with Crippen LogP contribution in [-0.4, -0.2) is 49.3 Å². The molecule has 2 heterocycles. The number of nitrogens with two attached hydrogens (primary N) is 1. The average Bonchev–Trinajstić information content (AvgIpc) is 2.74. The van der Waals surface area contributed by atoms with Crippen LogP contribution in [0.25, 0.3) is 0 Å². The fourth-order valence-electron chi connectivity index (χ4n) is 2.26. The summed E-state index contributed by atoms with van der Waals surface area (Å²) >= 11 is 0. The van der Waals surface area contributed by atoms with Crippen LogP contribution in [0.3, 0.4) is 0 Å². The number of aliphatic hydroxyl groups is 3. The summed E-state index contributed by atoms with van der Waals surface area (Å²) in [5.74, 6) is 2.30. The van der Waals surface area contributed by atoms with Crippen LogP contribution < -0.4 is 11.4 Å². The van der Waals surface area contributed by atoms with Gasteiger partial charge in [-0.3, -0.25) is 4.57 Å². The van der Waals surface area contributed by atoms with E-state index in [0.717, 1.165) is 4.57 Å². The summed E-state index contributed by atoms with van der Waals surface area (Å²) in [6.45, 7) is 1.07. The number of rotatable bonds is 3. The van der Waals surface area contributed by atoms with Crippen molar-refractivity contribution in [2.45, 2.75) is 37.4 Å². The molecule has 1 unspecified atom stereocenters. The van der Waals surface area contributed by atoms with Gasteiger partial charge in [0.15, 0.2) is 11.8 Å². The fourth-order valence-corrected chi connectivity index (χ4v) is 2.26. The fraction of sp³-hybridized carbons (Fsp3) is 0.538. The predicted molar refractivity (Wildman–Crippen MR) is 73.1 cm³/mol. The van der Waals surface area contributed by atoms with Crippen molar-refractivity contribution < 1.29 is 21.4 Å². The van der Waals surface area contributed by atoms with E-state index in [2.05, 4.69) is 10.9 Å². The first kappa shape index (κ1) is 14.0. The smallest absolute Gasteiger partial charge is 0.351 e. The van der Waals surface area contributed by atoms with Gasteiger partial charge in [0, 0.05) is 11.8 Å². The summed E-state index contributed by atoms with van der Waals surface area (Å²) in [7, 11) is 0. The molecule has 0 bridgehead atoms. The molecule has 1 aliphatic rings. The van der Waals surface area contributed by atoms with Gasteiger partial charge in [-0.1, -0.05) is 12.8 Å². The zero-order valence-electron chi connectivity index (χ0n) is 12.4. The molecule has 0 aromatic carbocycles. The summed E-state index contributed by atoms with van der Waals surface area (Å²) in [6.07, 6.45) is -0.737. The van der Waals surface area contributed by atoms with Crippen LogP contribution in [0, 0.1) is 12.3 Å². The molecule has 5 N–H and O–H groups in total. The minimum Gasteiger partial charge on any atom is -0.392 e. The van der Waals surface area contributed by atoms with Gasteiger partial charge in [-0.15, -0.1) is 6.40 Å². The van der Waals surface area contributed by atoms with E-state index in [-0.39, 0.29) is 5.82 Å². The Morgan fingerprint density at radius 1 is 1.71 bits per heavy atom. The van der Waals surface area contributed by atoms with Crippen LogP contribution >= 0.6 is 0 Å². The lowest BCUT2D eigenvalue weighted by atomic mass is 9.97. The molecular weight excluding hydrogens is 278 g/mol. The Morgan fingerprint density at radius 3 is 3.00 bits per heavy atom. The molecule has 0 radical (unpaired) electrons. The highest BCUT2D eigenvalue weighted by Gasteiger charge is 2.54. The van der Waals surface area contributed by atoms with Gasteiger partial charge in [-0.2, -0.15) is 4.98 Å². The lowest BCUT2D eigenvalue weighted by Gasteiger charge is -2.23. The lowest BCUT2D eigenvalue weighted by Crippen LogP contribution is -2.45. The molecule has 1 aromatic rings. The van der Waals surface area contributed by atoms with Crippen LogP contribution in [0.15, 0.2) is 11.0 Å². The monoisotopic (exact) mass is 296 g/mol. The number of aryl methyl sites for hydroxylation is 1. The third-order valence-electron chi connectivity index (χ3n) is 3.59. The number of terminal acetylenes is 1. The molecule has 8 nitrogen and oxygen atoms in total. The molecule has 1 aliphatic heterocycles. The lowest BCUT2D eigenvalue weighted by molar-refractivity contribution is -0.0936. The summed E-state index contributed by atoms with van der Waals surface area (Å²) in [5.41, 5.74) is 3.59. The molecule has 0 aliphatic carbocycles. The molecule has 8 heteroatoms. The van der Waals surface area contributed by atoms with Gasteiger partial charge in [0.05, 0.1) is 6.61 Å². The normalized spacial score (nSPS) is 32.4. The van der Waals surface area contributed by atoms with E-state index in [9.17, 15) is 20.1 Å². The predicted octanol–water partition coefficient (Wildman–Crippen LogP) is -2.00. The molecule has 1 aromatic heterocycles. The maximum atomic E-state index is 12.0. The van der Waals surface area contributed by atoms with Crippen LogP contribution in [0.2, 0.25) is 0 Å². The Hall–Kier alpha value is -1.92. The molecule has 1 fully saturated rings. The van der Waals surface area contributed by atoms with Gasteiger partial charge in [0.1, 0.15) is 19.4 Å². The zero-order valence-corrected chi connectivity index (χ0v) is 11.4.